The molecule has 3 rings (SSSR count). The molecule has 0 aromatic carbocycles. The van der Waals surface area contributed by atoms with E-state index in [1.54, 1.807) is 4.90 Å². The molecule has 180 valence electrons. The Morgan fingerprint density at radius 1 is 1.00 bits per heavy atom. The number of sulfonamides is 1. The van der Waals surface area contributed by atoms with Crippen LogP contribution in [0.4, 0.5) is 4.79 Å². The van der Waals surface area contributed by atoms with Gasteiger partial charge in [-0.3, -0.25) is 0 Å². The number of hydrogen-bond donors (Lipinski definition) is 0. The molecule has 0 bridgehead atoms. The fraction of sp³-hybridized carbons (Fsp3) is 0.750. The lowest BCUT2D eigenvalue weighted by Gasteiger charge is -2.32. The van der Waals surface area contributed by atoms with Gasteiger partial charge in [0.15, 0.2) is 0 Å². The molecule has 0 aliphatic carbocycles. The van der Waals surface area contributed by atoms with Crippen molar-refractivity contribution in [2.45, 2.75) is 57.8 Å². The zero-order valence-electron chi connectivity index (χ0n) is 19.0. The van der Waals surface area contributed by atoms with E-state index in [0.29, 0.717) is 57.6 Å². The summed E-state index contributed by atoms with van der Waals surface area (Å²) < 4.78 is 47.6. The minimum Gasteiger partial charge on any atom is -0.487 e. The van der Waals surface area contributed by atoms with Crippen LogP contribution in [-0.4, -0.2) is 91.5 Å². The molecule has 0 radical (unpaired) electrons. The van der Waals surface area contributed by atoms with E-state index in [9.17, 15) is 13.2 Å². The first-order chi connectivity index (χ1) is 15.2. The zero-order chi connectivity index (χ0) is 23.3. The third-order valence-electron chi connectivity index (χ3n) is 5.41. The van der Waals surface area contributed by atoms with E-state index < -0.39 is 10.0 Å². The average Bonchev–Trinajstić information content (AvgIpc) is 2.74. The SMILES string of the molecule is COc1c(OC2CCN(C(=O)OC(C)C)CC2)ncnc1OC1CCN(S(C)(=O)=O)CC1. The average molecular weight is 473 g/mol. The number of nitrogens with zero attached hydrogens (tertiary/aromatic N) is 4. The van der Waals surface area contributed by atoms with Gasteiger partial charge < -0.3 is 23.8 Å². The predicted octanol–water partition coefficient (Wildman–Crippen LogP) is 1.68. The topological polar surface area (TPSA) is 120 Å². The van der Waals surface area contributed by atoms with Crippen LogP contribution in [0.3, 0.4) is 0 Å². The maximum Gasteiger partial charge on any atom is 0.410 e. The van der Waals surface area contributed by atoms with Gasteiger partial charge in [-0.05, 0) is 26.7 Å². The Hall–Kier alpha value is -2.34. The molecular weight excluding hydrogens is 440 g/mol. The molecule has 0 spiro atoms. The number of ether oxygens (including phenoxy) is 4. The second kappa shape index (κ2) is 10.5. The summed E-state index contributed by atoms with van der Waals surface area (Å²) >= 11 is 0. The quantitative estimate of drug-likeness (QED) is 0.583. The van der Waals surface area contributed by atoms with Gasteiger partial charge in [0.2, 0.25) is 15.8 Å². The molecule has 3 heterocycles. The van der Waals surface area contributed by atoms with Crippen molar-refractivity contribution in [3.63, 3.8) is 0 Å². The fourth-order valence-corrected chi connectivity index (χ4v) is 4.59. The summed E-state index contributed by atoms with van der Waals surface area (Å²) in [5.41, 5.74) is 0. The highest BCUT2D eigenvalue weighted by Gasteiger charge is 2.30. The van der Waals surface area contributed by atoms with Gasteiger partial charge in [0.25, 0.3) is 11.8 Å². The fourth-order valence-electron chi connectivity index (χ4n) is 3.71. The first-order valence-electron chi connectivity index (χ1n) is 10.8. The van der Waals surface area contributed by atoms with Crippen molar-refractivity contribution in [2.24, 2.45) is 0 Å². The molecule has 2 fully saturated rings. The van der Waals surface area contributed by atoms with Gasteiger partial charge in [-0.15, -0.1) is 0 Å². The van der Waals surface area contributed by atoms with E-state index in [1.165, 1.54) is 24.0 Å². The normalized spacial score (nSPS) is 19.1. The van der Waals surface area contributed by atoms with Gasteiger partial charge >= 0.3 is 6.09 Å². The van der Waals surface area contributed by atoms with Crippen molar-refractivity contribution >= 4 is 16.1 Å². The minimum absolute atomic E-state index is 0.132. The van der Waals surface area contributed by atoms with E-state index in [1.807, 2.05) is 13.8 Å². The summed E-state index contributed by atoms with van der Waals surface area (Å²) in [4.78, 5) is 22.1. The lowest BCUT2D eigenvalue weighted by molar-refractivity contribution is 0.0496. The summed E-state index contributed by atoms with van der Waals surface area (Å²) in [6, 6.07) is 0. The number of carbonyl (C=O) groups excluding carboxylic acids is 1. The second-order valence-electron chi connectivity index (χ2n) is 8.23. The van der Waals surface area contributed by atoms with Crippen molar-refractivity contribution in [3.8, 4) is 17.5 Å². The van der Waals surface area contributed by atoms with Crippen LogP contribution in [0.5, 0.6) is 17.5 Å². The Kier molecular flexibility index (Phi) is 7.99. The molecule has 0 N–H and O–H groups in total. The molecule has 12 heteroatoms. The van der Waals surface area contributed by atoms with Crippen LogP contribution in [0, 0.1) is 0 Å². The van der Waals surface area contributed by atoms with Gasteiger partial charge in [-0.25, -0.2) is 17.5 Å². The van der Waals surface area contributed by atoms with Crippen LogP contribution in [0.2, 0.25) is 0 Å². The highest BCUT2D eigenvalue weighted by Crippen LogP contribution is 2.36. The van der Waals surface area contributed by atoms with Gasteiger partial charge in [0.1, 0.15) is 18.5 Å². The Bertz CT molecular complexity index is 880. The molecule has 32 heavy (non-hydrogen) atoms. The van der Waals surface area contributed by atoms with E-state index in [2.05, 4.69) is 9.97 Å². The Morgan fingerprint density at radius 3 is 1.94 bits per heavy atom. The molecule has 1 amide bonds. The Balaban J connectivity index is 1.58. The molecule has 1 aromatic heterocycles. The molecule has 2 saturated heterocycles. The molecule has 0 atom stereocenters. The maximum absolute atomic E-state index is 12.1. The largest absolute Gasteiger partial charge is 0.487 e. The summed E-state index contributed by atoms with van der Waals surface area (Å²) in [7, 11) is -1.70. The molecule has 2 aliphatic rings. The van der Waals surface area contributed by atoms with E-state index in [-0.39, 0.29) is 36.2 Å². The monoisotopic (exact) mass is 472 g/mol. The highest BCUT2D eigenvalue weighted by molar-refractivity contribution is 7.88. The van der Waals surface area contributed by atoms with Crippen molar-refractivity contribution in [2.75, 3.05) is 39.5 Å². The summed E-state index contributed by atoms with van der Waals surface area (Å²) in [5.74, 6) is 0.863. The number of piperidine rings is 2. The van der Waals surface area contributed by atoms with Crippen molar-refractivity contribution in [1.29, 1.82) is 0 Å². The van der Waals surface area contributed by atoms with Gasteiger partial charge in [0.05, 0.1) is 19.5 Å². The van der Waals surface area contributed by atoms with Crippen molar-refractivity contribution < 1.29 is 32.2 Å². The first kappa shape index (κ1) is 24.3. The van der Waals surface area contributed by atoms with Crippen LogP contribution in [0.1, 0.15) is 39.5 Å². The van der Waals surface area contributed by atoms with Gasteiger partial charge in [0, 0.05) is 39.0 Å². The maximum atomic E-state index is 12.1. The summed E-state index contributed by atoms with van der Waals surface area (Å²) in [6.07, 6.45) is 4.18. The lowest BCUT2D eigenvalue weighted by atomic mass is 10.1. The summed E-state index contributed by atoms with van der Waals surface area (Å²) in [6.45, 7) is 5.52. The first-order valence-corrected chi connectivity index (χ1v) is 12.6. The van der Waals surface area contributed by atoms with Crippen LogP contribution in [-0.2, 0) is 14.8 Å². The summed E-state index contributed by atoms with van der Waals surface area (Å²) in [5, 5.41) is 0. The molecule has 11 nitrogen and oxygen atoms in total. The molecule has 0 unspecified atom stereocenters. The van der Waals surface area contributed by atoms with E-state index in [4.69, 9.17) is 18.9 Å². The van der Waals surface area contributed by atoms with Gasteiger partial charge in [-0.2, -0.15) is 9.97 Å². The number of methoxy groups -OCH3 is 1. The number of carbonyl (C=O) groups is 1. The number of amides is 1. The Morgan fingerprint density at radius 2 is 1.50 bits per heavy atom. The van der Waals surface area contributed by atoms with Crippen molar-refractivity contribution in [1.82, 2.24) is 19.2 Å². The van der Waals surface area contributed by atoms with Crippen LogP contribution in [0.15, 0.2) is 6.33 Å². The molecule has 1 aromatic rings. The van der Waals surface area contributed by atoms with Crippen LogP contribution in [0.25, 0.3) is 0 Å². The van der Waals surface area contributed by atoms with Crippen LogP contribution >= 0.6 is 0 Å². The predicted molar refractivity (Wildman–Crippen MR) is 115 cm³/mol. The number of rotatable bonds is 7. The van der Waals surface area contributed by atoms with E-state index >= 15 is 0 Å². The standard InChI is InChI=1S/C20H32N4O7S/c1-14(2)29-20(25)23-9-5-15(6-10-23)30-18-17(28-3)19(22-13-21-18)31-16-7-11-24(12-8-16)32(4,26)27/h13-16H,5-12H2,1-4H3. The number of likely N-dealkylation sites (tertiary alicyclic amines) is 1. The molecular formula is C20H32N4O7S. The zero-order valence-corrected chi connectivity index (χ0v) is 19.8. The second-order valence-corrected chi connectivity index (χ2v) is 10.2. The lowest BCUT2D eigenvalue weighted by Crippen LogP contribution is -2.42. The van der Waals surface area contributed by atoms with Crippen LogP contribution < -0.4 is 14.2 Å². The molecule has 2 aliphatic heterocycles. The third-order valence-corrected chi connectivity index (χ3v) is 6.71. The highest BCUT2D eigenvalue weighted by atomic mass is 32.2. The minimum atomic E-state index is -3.20. The Labute approximate surface area is 189 Å². The molecule has 0 saturated carbocycles. The van der Waals surface area contributed by atoms with E-state index in [0.717, 1.165) is 0 Å². The van der Waals surface area contributed by atoms with Gasteiger partial charge in [-0.1, -0.05) is 0 Å². The number of hydrogen-bond acceptors (Lipinski definition) is 9. The smallest absolute Gasteiger partial charge is 0.410 e. The number of aromatic nitrogens is 2. The van der Waals surface area contributed by atoms with Crippen molar-refractivity contribution in [3.05, 3.63) is 6.33 Å². The third kappa shape index (κ3) is 6.35.